The molecule has 11 heteroatoms. The van der Waals surface area contributed by atoms with Crippen LogP contribution < -0.4 is 21.6 Å². The Bertz CT molecular complexity index is 1330. The third kappa shape index (κ3) is 4.14. The number of imidazole rings is 1. The molecule has 2 aromatic carbocycles. The van der Waals surface area contributed by atoms with Gasteiger partial charge in [0.1, 0.15) is 0 Å². The summed E-state index contributed by atoms with van der Waals surface area (Å²) >= 11 is 0. The molecule has 0 fully saturated rings. The number of aromatic nitrogens is 4. The van der Waals surface area contributed by atoms with Crippen molar-refractivity contribution in [3.63, 3.8) is 0 Å². The molecule has 7 N–H and O–H groups in total. The standard InChI is InChI=1S/C21H21FN8O2/c22-14-11-25-20(26-12-5-6-16-17(9-12)28-21(32)27-16)29-19(14)30(7-2-8-31)18-4-1-3-15(24)13(18)10-23/h1,3-6,9-11,23,31H,2,7-8,24H2,(H,25,26,29)(H2,27,28,32). The molecule has 0 radical (unpaired) electrons. The molecule has 32 heavy (non-hydrogen) atoms. The molecule has 0 aliphatic heterocycles. The molecule has 0 spiro atoms. The van der Waals surface area contributed by atoms with Gasteiger partial charge in [0, 0.05) is 36.3 Å². The maximum atomic E-state index is 14.8. The maximum Gasteiger partial charge on any atom is 0.323 e. The number of hydrogen-bond acceptors (Lipinski definition) is 8. The fourth-order valence-corrected chi connectivity index (χ4v) is 3.38. The molecule has 0 bridgehead atoms. The van der Waals surface area contributed by atoms with Crippen LogP contribution in [0.1, 0.15) is 12.0 Å². The van der Waals surface area contributed by atoms with Gasteiger partial charge in [0.25, 0.3) is 0 Å². The highest BCUT2D eigenvalue weighted by molar-refractivity contribution is 5.94. The van der Waals surface area contributed by atoms with Crippen molar-refractivity contribution in [3.05, 3.63) is 64.5 Å². The van der Waals surface area contributed by atoms with E-state index in [1.165, 1.54) is 0 Å². The normalized spacial score (nSPS) is 10.9. The predicted molar refractivity (Wildman–Crippen MR) is 122 cm³/mol. The van der Waals surface area contributed by atoms with Gasteiger partial charge in [-0.15, -0.1) is 0 Å². The van der Waals surface area contributed by atoms with Crippen molar-refractivity contribution in [3.8, 4) is 0 Å². The Hall–Kier alpha value is -4.25. The molecule has 0 saturated heterocycles. The van der Waals surface area contributed by atoms with Crippen LogP contribution in [0.15, 0.2) is 47.4 Å². The van der Waals surface area contributed by atoms with Crippen LogP contribution in [0.3, 0.4) is 0 Å². The summed E-state index contributed by atoms with van der Waals surface area (Å²) in [6.07, 6.45) is 2.49. The summed E-state index contributed by atoms with van der Waals surface area (Å²) in [5, 5.41) is 20.1. The predicted octanol–water partition coefficient (Wildman–Crippen LogP) is 2.63. The van der Waals surface area contributed by atoms with Gasteiger partial charge in [-0.1, -0.05) is 6.07 Å². The first kappa shape index (κ1) is 21.0. The molecular formula is C21H21FN8O2. The minimum Gasteiger partial charge on any atom is -0.398 e. The molecular weight excluding hydrogens is 415 g/mol. The van der Waals surface area contributed by atoms with Crippen LogP contribution in [0, 0.1) is 11.2 Å². The van der Waals surface area contributed by atoms with Crippen molar-refractivity contribution >= 4 is 46.1 Å². The van der Waals surface area contributed by atoms with Crippen molar-refractivity contribution in [2.45, 2.75) is 6.42 Å². The molecule has 0 amide bonds. The van der Waals surface area contributed by atoms with Gasteiger partial charge >= 0.3 is 5.69 Å². The van der Waals surface area contributed by atoms with Crippen LogP contribution >= 0.6 is 0 Å². The zero-order valence-electron chi connectivity index (χ0n) is 16.9. The monoisotopic (exact) mass is 436 g/mol. The average molecular weight is 436 g/mol. The van der Waals surface area contributed by atoms with Gasteiger partial charge in [-0.3, -0.25) is 0 Å². The summed E-state index contributed by atoms with van der Waals surface area (Å²) < 4.78 is 14.8. The first-order chi connectivity index (χ1) is 15.5. The number of aliphatic hydroxyl groups excluding tert-OH is 1. The van der Waals surface area contributed by atoms with E-state index < -0.39 is 5.82 Å². The second-order valence-electron chi connectivity index (χ2n) is 6.98. The van der Waals surface area contributed by atoms with Gasteiger partial charge in [0.15, 0.2) is 11.6 Å². The fourth-order valence-electron chi connectivity index (χ4n) is 3.38. The van der Waals surface area contributed by atoms with E-state index in [9.17, 15) is 14.3 Å². The van der Waals surface area contributed by atoms with E-state index in [4.69, 9.17) is 11.1 Å². The molecule has 164 valence electrons. The van der Waals surface area contributed by atoms with E-state index >= 15 is 0 Å². The van der Waals surface area contributed by atoms with E-state index in [0.29, 0.717) is 40.1 Å². The van der Waals surface area contributed by atoms with Crippen LogP contribution in [0.4, 0.5) is 33.2 Å². The van der Waals surface area contributed by atoms with Crippen molar-refractivity contribution in [1.29, 1.82) is 5.41 Å². The van der Waals surface area contributed by atoms with Crippen molar-refractivity contribution < 1.29 is 9.50 Å². The topological polar surface area (TPSA) is 160 Å². The molecule has 4 aromatic rings. The van der Waals surface area contributed by atoms with E-state index in [1.807, 2.05) is 0 Å². The average Bonchev–Trinajstić information content (AvgIpc) is 3.15. The molecule has 4 rings (SSSR count). The zero-order chi connectivity index (χ0) is 22.7. The van der Waals surface area contributed by atoms with Gasteiger partial charge in [0.05, 0.1) is 22.9 Å². The van der Waals surface area contributed by atoms with E-state index in [0.717, 1.165) is 12.4 Å². The number of nitrogens with two attached hydrogens (primary N) is 1. The lowest BCUT2D eigenvalue weighted by Crippen LogP contribution is -2.24. The van der Waals surface area contributed by atoms with E-state index in [-0.39, 0.29) is 30.6 Å². The van der Waals surface area contributed by atoms with Crippen LogP contribution in [0.5, 0.6) is 0 Å². The smallest absolute Gasteiger partial charge is 0.323 e. The van der Waals surface area contributed by atoms with Crippen molar-refractivity contribution in [2.75, 3.05) is 29.1 Å². The van der Waals surface area contributed by atoms with E-state index in [2.05, 4.69) is 25.3 Å². The zero-order valence-corrected chi connectivity index (χ0v) is 16.9. The first-order valence-electron chi connectivity index (χ1n) is 9.79. The molecule has 0 aliphatic rings. The van der Waals surface area contributed by atoms with Gasteiger partial charge in [-0.05, 0) is 36.8 Å². The van der Waals surface area contributed by atoms with Gasteiger partial charge in [-0.2, -0.15) is 4.98 Å². The SMILES string of the molecule is N=Cc1c(N)cccc1N(CCCO)c1nc(Nc2ccc3[nH]c(=O)[nH]c3c2)ncc1F. The number of halogens is 1. The number of nitrogens with zero attached hydrogens (tertiary/aromatic N) is 3. The number of H-pyrrole nitrogens is 2. The van der Waals surface area contributed by atoms with Crippen LogP contribution in [0.2, 0.25) is 0 Å². The number of nitrogens with one attached hydrogen (secondary N) is 4. The lowest BCUT2D eigenvalue weighted by Gasteiger charge is -2.26. The first-order valence-corrected chi connectivity index (χ1v) is 9.79. The highest BCUT2D eigenvalue weighted by atomic mass is 19.1. The Kier molecular flexibility index (Phi) is 5.81. The minimum atomic E-state index is -0.669. The number of nitrogen functional groups attached to an aromatic ring is 1. The Balaban J connectivity index is 1.73. The van der Waals surface area contributed by atoms with Crippen molar-refractivity contribution in [2.24, 2.45) is 0 Å². The Morgan fingerprint density at radius 3 is 2.84 bits per heavy atom. The third-order valence-corrected chi connectivity index (χ3v) is 4.85. The third-order valence-electron chi connectivity index (χ3n) is 4.85. The summed E-state index contributed by atoms with van der Waals surface area (Å²) in [6.45, 7) is 0.135. The summed E-state index contributed by atoms with van der Waals surface area (Å²) in [7, 11) is 0. The number of aliphatic hydroxyl groups is 1. The molecule has 0 saturated carbocycles. The Morgan fingerprint density at radius 1 is 1.25 bits per heavy atom. The van der Waals surface area contributed by atoms with Crippen molar-refractivity contribution in [1.82, 2.24) is 19.9 Å². The molecule has 0 atom stereocenters. The lowest BCUT2D eigenvalue weighted by molar-refractivity contribution is 0.290. The molecule has 0 aliphatic carbocycles. The van der Waals surface area contributed by atoms with Crippen LogP contribution in [-0.4, -0.2) is 44.4 Å². The molecule has 10 nitrogen and oxygen atoms in total. The van der Waals surface area contributed by atoms with Gasteiger partial charge < -0.3 is 36.4 Å². The minimum absolute atomic E-state index is 0.0271. The Labute approximate surface area is 181 Å². The number of anilines is 5. The number of rotatable bonds is 8. The maximum absolute atomic E-state index is 14.8. The van der Waals surface area contributed by atoms with Crippen LogP contribution in [0.25, 0.3) is 11.0 Å². The number of benzene rings is 2. The quantitative estimate of drug-likeness (QED) is 0.183. The number of aromatic amines is 2. The second-order valence-corrected chi connectivity index (χ2v) is 6.98. The lowest BCUT2D eigenvalue weighted by atomic mass is 10.1. The highest BCUT2D eigenvalue weighted by Crippen LogP contribution is 2.32. The summed E-state index contributed by atoms with van der Waals surface area (Å²) in [5.41, 5.74) is 8.80. The molecule has 2 aromatic heterocycles. The highest BCUT2D eigenvalue weighted by Gasteiger charge is 2.20. The largest absolute Gasteiger partial charge is 0.398 e. The summed E-state index contributed by atoms with van der Waals surface area (Å²) in [4.78, 5) is 26.7. The summed E-state index contributed by atoms with van der Waals surface area (Å²) in [6, 6.07) is 10.2. The van der Waals surface area contributed by atoms with E-state index in [1.54, 1.807) is 41.3 Å². The van der Waals surface area contributed by atoms with Gasteiger partial charge in [-0.25, -0.2) is 14.2 Å². The number of fused-ring (bicyclic) bond motifs is 1. The molecule has 0 unspecified atom stereocenters. The number of hydrogen-bond donors (Lipinski definition) is 6. The summed E-state index contributed by atoms with van der Waals surface area (Å²) in [5.74, 6) is -0.564. The Morgan fingerprint density at radius 2 is 2.06 bits per heavy atom. The van der Waals surface area contributed by atoms with Crippen LogP contribution in [-0.2, 0) is 0 Å². The molecule has 2 heterocycles. The second kappa shape index (κ2) is 8.86. The van der Waals surface area contributed by atoms with Gasteiger partial charge in [0.2, 0.25) is 5.95 Å². The fraction of sp³-hybridized carbons (Fsp3) is 0.143.